The predicted octanol–water partition coefficient (Wildman–Crippen LogP) is 8.87. The van der Waals surface area contributed by atoms with Crippen LogP contribution < -0.4 is 0 Å². The number of hydrogen-bond donors (Lipinski definition) is 0. The smallest absolute Gasteiger partial charge is 0.653 e. The van der Waals surface area contributed by atoms with Crippen LogP contribution in [0.5, 0.6) is 0 Å². The Morgan fingerprint density at radius 3 is 0.321 bits per heavy atom. The van der Waals surface area contributed by atoms with Crippen LogP contribution in [0.15, 0.2) is 0 Å². The van der Waals surface area contributed by atoms with E-state index in [4.69, 9.17) is 0 Å². The number of nitrogens with zero attached hydrogens (tertiary/aromatic N) is 3. The zero-order valence-electron chi connectivity index (χ0n) is 22.8. The summed E-state index contributed by atoms with van der Waals surface area (Å²) >= 11 is 0. The summed E-state index contributed by atoms with van der Waals surface area (Å²) in [4.78, 5) is 0. The molecule has 0 aromatic heterocycles. The van der Waals surface area contributed by atoms with Gasteiger partial charge in [0.1, 0.15) is 0 Å². The molecule has 0 atom stereocenters. The van der Waals surface area contributed by atoms with Gasteiger partial charge in [0.2, 0.25) is 0 Å². The largest absolute Gasteiger partial charge is 3.00 e. The second kappa shape index (κ2) is 12.4. The first-order valence-corrected chi connectivity index (χ1v) is 10.3. The third-order valence-electron chi connectivity index (χ3n) is 2.01. The molecule has 169 valence electrons. The third kappa shape index (κ3) is 50.4. The fourth-order valence-electron chi connectivity index (χ4n) is 3.02. The molecule has 0 aliphatic carbocycles. The fraction of sp³-hybridized carbons (Fsp3) is 1.00. The molecule has 0 unspecified atom stereocenters. The van der Waals surface area contributed by atoms with Gasteiger partial charge >= 0.3 is 21.7 Å². The Hall–Kier alpha value is 0.594. The van der Waals surface area contributed by atoms with Gasteiger partial charge < -0.3 is 16.0 Å². The topological polar surface area (TPSA) is 42.3 Å². The number of rotatable bonds is 0. The maximum absolute atomic E-state index is 4.54. The standard InChI is InChI=1S/3C8H18N.Ti/c3*1-7(2,3)9-8(4,5)6;/h3*1-6H3;/q3*-1;+3. The molecule has 0 bridgehead atoms. The fourth-order valence-corrected chi connectivity index (χ4v) is 3.02. The Kier molecular flexibility index (Phi) is 16.0. The van der Waals surface area contributed by atoms with Gasteiger partial charge in [0, 0.05) is 0 Å². The number of hydrogen-bond acceptors (Lipinski definition) is 0. The maximum atomic E-state index is 4.54. The minimum Gasteiger partial charge on any atom is -0.653 e. The molecule has 1 radical (unpaired) electrons. The summed E-state index contributed by atoms with van der Waals surface area (Å²) in [5, 5.41) is 13.6. The Bertz CT molecular complexity index is 277. The Morgan fingerprint density at radius 2 is 0.321 bits per heavy atom. The minimum atomic E-state index is 0. The van der Waals surface area contributed by atoms with E-state index in [1.165, 1.54) is 0 Å². The van der Waals surface area contributed by atoms with E-state index in [-0.39, 0.29) is 55.0 Å². The van der Waals surface area contributed by atoms with Gasteiger partial charge in [0.15, 0.2) is 0 Å². The van der Waals surface area contributed by atoms with Gasteiger partial charge in [-0.2, -0.15) is 0 Å². The van der Waals surface area contributed by atoms with Gasteiger partial charge in [-0.05, 0) is 0 Å². The maximum Gasteiger partial charge on any atom is 3.00 e. The van der Waals surface area contributed by atoms with E-state index < -0.39 is 0 Å². The summed E-state index contributed by atoms with van der Waals surface area (Å²) in [5.41, 5.74) is 0.656. The SMILES string of the molecule is CC(C)(C)[N-]C(C)(C)C.CC(C)(C)[N-]C(C)(C)C.CC(C)(C)[N-]C(C)(C)C.[Ti+3]. The molecule has 0 saturated heterocycles. The summed E-state index contributed by atoms with van der Waals surface area (Å²) in [6, 6.07) is 0. The van der Waals surface area contributed by atoms with E-state index in [1.54, 1.807) is 0 Å². The van der Waals surface area contributed by atoms with Crippen molar-refractivity contribution >= 4 is 0 Å². The van der Waals surface area contributed by atoms with Crippen molar-refractivity contribution in [1.29, 1.82) is 0 Å². The summed E-state index contributed by atoms with van der Waals surface area (Å²) in [6.07, 6.45) is 0. The van der Waals surface area contributed by atoms with Gasteiger partial charge in [-0.3, -0.25) is 0 Å². The molecule has 0 N–H and O–H groups in total. The summed E-state index contributed by atoms with van der Waals surface area (Å²) < 4.78 is 0. The van der Waals surface area contributed by atoms with E-state index in [0.29, 0.717) is 0 Å². The van der Waals surface area contributed by atoms with Crippen LogP contribution in [0.3, 0.4) is 0 Å². The van der Waals surface area contributed by atoms with Crippen LogP contribution in [0.2, 0.25) is 0 Å². The minimum absolute atomic E-state index is 0. The van der Waals surface area contributed by atoms with E-state index in [2.05, 4.69) is 141 Å². The van der Waals surface area contributed by atoms with Crippen molar-refractivity contribution in [2.45, 2.75) is 158 Å². The molecule has 0 spiro atoms. The molecular formula is C24H54N3Ti. The van der Waals surface area contributed by atoms with Crippen molar-refractivity contribution in [3.8, 4) is 0 Å². The summed E-state index contributed by atoms with van der Waals surface area (Å²) in [5.74, 6) is 0. The van der Waals surface area contributed by atoms with Crippen molar-refractivity contribution in [3.05, 3.63) is 16.0 Å². The quantitative estimate of drug-likeness (QED) is 0.343. The predicted molar refractivity (Wildman–Crippen MR) is 129 cm³/mol. The van der Waals surface area contributed by atoms with Crippen LogP contribution in [0, 0.1) is 0 Å². The third-order valence-corrected chi connectivity index (χ3v) is 2.01. The Morgan fingerprint density at radius 1 is 0.250 bits per heavy atom. The molecule has 0 aromatic carbocycles. The summed E-state index contributed by atoms with van der Waals surface area (Å²) in [6.45, 7) is 38.2. The van der Waals surface area contributed by atoms with Crippen LogP contribution in [0.1, 0.15) is 125 Å². The van der Waals surface area contributed by atoms with E-state index >= 15 is 0 Å². The first kappa shape index (κ1) is 36.0. The first-order valence-electron chi connectivity index (χ1n) is 10.3. The first-order chi connectivity index (χ1) is 11.1. The Balaban J connectivity index is -0.000000152. The van der Waals surface area contributed by atoms with E-state index in [1.807, 2.05) is 0 Å². The van der Waals surface area contributed by atoms with Gasteiger partial charge in [-0.25, -0.2) is 0 Å². The molecule has 0 fully saturated rings. The molecule has 3 nitrogen and oxygen atoms in total. The normalized spacial score (nSPS) is 13.5. The van der Waals surface area contributed by atoms with Gasteiger partial charge in [-0.1, -0.05) is 125 Å². The van der Waals surface area contributed by atoms with Crippen molar-refractivity contribution in [3.63, 3.8) is 0 Å². The molecule has 0 amide bonds. The molecule has 0 aromatic rings. The average Bonchev–Trinajstić information content (AvgIpc) is 1.96. The van der Waals surface area contributed by atoms with E-state index in [9.17, 15) is 0 Å². The molecule has 4 heteroatoms. The second-order valence-corrected chi connectivity index (χ2v) is 13.4. The van der Waals surface area contributed by atoms with Crippen LogP contribution in [-0.2, 0) is 21.7 Å². The second-order valence-electron chi connectivity index (χ2n) is 13.4. The van der Waals surface area contributed by atoms with E-state index in [0.717, 1.165) is 0 Å². The molecule has 0 rings (SSSR count). The summed E-state index contributed by atoms with van der Waals surface area (Å²) in [7, 11) is 0. The molecular weight excluding hydrogens is 378 g/mol. The van der Waals surface area contributed by atoms with Crippen molar-refractivity contribution < 1.29 is 21.7 Å². The van der Waals surface area contributed by atoms with Crippen LogP contribution in [0.4, 0.5) is 0 Å². The van der Waals surface area contributed by atoms with Crippen molar-refractivity contribution in [1.82, 2.24) is 0 Å². The van der Waals surface area contributed by atoms with Crippen LogP contribution in [0.25, 0.3) is 16.0 Å². The zero-order valence-corrected chi connectivity index (χ0v) is 24.4. The van der Waals surface area contributed by atoms with Crippen LogP contribution in [-0.4, -0.2) is 33.2 Å². The molecule has 0 saturated carbocycles. The monoisotopic (exact) mass is 432 g/mol. The van der Waals surface area contributed by atoms with Gasteiger partial charge in [-0.15, -0.1) is 33.2 Å². The zero-order chi connectivity index (χ0) is 23.1. The average molecular weight is 433 g/mol. The molecule has 0 aliphatic heterocycles. The van der Waals surface area contributed by atoms with Crippen molar-refractivity contribution in [2.75, 3.05) is 0 Å². The molecule has 0 aliphatic rings. The van der Waals surface area contributed by atoms with Crippen LogP contribution >= 0.6 is 0 Å². The van der Waals surface area contributed by atoms with Gasteiger partial charge in [0.25, 0.3) is 0 Å². The molecule has 28 heavy (non-hydrogen) atoms. The van der Waals surface area contributed by atoms with Crippen molar-refractivity contribution in [2.24, 2.45) is 0 Å². The molecule has 0 heterocycles. The van der Waals surface area contributed by atoms with Gasteiger partial charge in [0.05, 0.1) is 0 Å². The Labute approximate surface area is 195 Å².